The van der Waals surface area contributed by atoms with Gasteiger partial charge in [-0.15, -0.1) is 0 Å². The molecule has 2 aromatic heterocycles. The number of aromatic amines is 1. The second-order valence-electron chi connectivity index (χ2n) is 10.3. The summed E-state index contributed by atoms with van der Waals surface area (Å²) in [7, 11) is 5.69. The maximum Gasteiger partial charge on any atom is 0.253 e. The maximum atomic E-state index is 12.8. The number of hydrogen-bond donors (Lipinski definition) is 1. The van der Waals surface area contributed by atoms with E-state index in [0.29, 0.717) is 18.7 Å². The number of nitrogens with one attached hydrogen (secondary N) is 1. The van der Waals surface area contributed by atoms with Crippen molar-refractivity contribution in [2.75, 3.05) is 65.4 Å². The van der Waals surface area contributed by atoms with Gasteiger partial charge in [-0.2, -0.15) is 0 Å². The van der Waals surface area contributed by atoms with Crippen LogP contribution in [0.4, 0.5) is 5.69 Å². The molecule has 0 radical (unpaired) electrons. The lowest BCUT2D eigenvalue weighted by atomic mass is 9.99. The number of amides is 1. The molecule has 1 N–H and O–H groups in total. The number of piperazine rings is 1. The van der Waals surface area contributed by atoms with Gasteiger partial charge in [0.15, 0.2) is 0 Å². The second-order valence-corrected chi connectivity index (χ2v) is 10.3. The first-order valence-electron chi connectivity index (χ1n) is 13.3. The molecule has 1 amide bonds. The molecular formula is C31H37N5O2. The Balaban J connectivity index is 1.37. The van der Waals surface area contributed by atoms with Crippen LogP contribution in [0.3, 0.4) is 0 Å². The number of aryl methyl sites for hydroxylation is 1. The molecule has 0 aliphatic carbocycles. The van der Waals surface area contributed by atoms with E-state index in [4.69, 9.17) is 9.72 Å². The van der Waals surface area contributed by atoms with E-state index >= 15 is 0 Å². The summed E-state index contributed by atoms with van der Waals surface area (Å²) < 4.78 is 5.10. The van der Waals surface area contributed by atoms with Crippen molar-refractivity contribution in [3.8, 4) is 22.3 Å². The number of fused-ring (bicyclic) bond motifs is 1. The number of likely N-dealkylation sites (N-methyl/N-ethyl adjacent to an activating group) is 1. The predicted molar refractivity (Wildman–Crippen MR) is 155 cm³/mol. The fraction of sp³-hybridized carbons (Fsp3) is 0.355. The van der Waals surface area contributed by atoms with Gasteiger partial charge in [0.2, 0.25) is 0 Å². The molecule has 4 aromatic rings. The van der Waals surface area contributed by atoms with Crippen LogP contribution in [0.15, 0.2) is 60.9 Å². The minimum atomic E-state index is 0.0194. The number of carbonyl (C=O) groups excluding carboxylic acids is 1. The first-order valence-corrected chi connectivity index (χ1v) is 13.3. The Morgan fingerprint density at radius 1 is 1.03 bits per heavy atom. The van der Waals surface area contributed by atoms with Gasteiger partial charge in [0.05, 0.1) is 0 Å². The van der Waals surface area contributed by atoms with Gasteiger partial charge in [-0.3, -0.25) is 4.79 Å². The van der Waals surface area contributed by atoms with Crippen LogP contribution in [-0.2, 0) is 4.74 Å². The number of ether oxygens (including phenoxy) is 1. The van der Waals surface area contributed by atoms with E-state index in [0.717, 1.165) is 60.3 Å². The standard InChI is InChI=1S/C31H37N5O2/c1-22-18-25(10-11-29(22)36-15-13-34(2)14-16-36)26-19-27-28(21-33-30(27)32-20-26)23-6-8-24(9-7-23)31(37)35(3)12-5-17-38-4/h6-11,18-21H,5,12-17H2,1-4H3,(H,32,33). The Labute approximate surface area is 225 Å². The van der Waals surface area contributed by atoms with Gasteiger partial charge in [0.1, 0.15) is 5.65 Å². The van der Waals surface area contributed by atoms with E-state index < -0.39 is 0 Å². The number of pyridine rings is 1. The van der Waals surface area contributed by atoms with E-state index in [9.17, 15) is 4.79 Å². The molecule has 0 bridgehead atoms. The number of methoxy groups -OCH3 is 1. The molecule has 1 aliphatic heterocycles. The van der Waals surface area contributed by atoms with E-state index in [-0.39, 0.29) is 5.91 Å². The number of H-pyrrole nitrogens is 1. The lowest BCUT2D eigenvalue weighted by molar-refractivity contribution is 0.0779. The Hall–Kier alpha value is -3.68. The van der Waals surface area contributed by atoms with Gasteiger partial charge in [-0.05, 0) is 67.4 Å². The summed E-state index contributed by atoms with van der Waals surface area (Å²) in [6, 6.07) is 16.8. The molecule has 198 valence electrons. The van der Waals surface area contributed by atoms with Gasteiger partial charge in [-0.25, -0.2) is 4.98 Å². The molecule has 2 aromatic carbocycles. The number of carbonyl (C=O) groups is 1. The number of nitrogens with zero attached hydrogens (tertiary/aromatic N) is 4. The lowest BCUT2D eigenvalue weighted by Gasteiger charge is -2.35. The summed E-state index contributed by atoms with van der Waals surface area (Å²) in [5.74, 6) is 0.0194. The second kappa shape index (κ2) is 11.4. The third kappa shape index (κ3) is 5.44. The van der Waals surface area contributed by atoms with Crippen LogP contribution in [-0.4, -0.2) is 86.2 Å². The zero-order valence-electron chi connectivity index (χ0n) is 22.8. The highest BCUT2D eigenvalue weighted by molar-refractivity contribution is 5.98. The first kappa shape index (κ1) is 25.9. The highest BCUT2D eigenvalue weighted by atomic mass is 16.5. The normalized spacial score (nSPS) is 14.3. The van der Waals surface area contributed by atoms with E-state index in [1.165, 1.54) is 16.8 Å². The zero-order chi connectivity index (χ0) is 26.6. The highest BCUT2D eigenvalue weighted by Gasteiger charge is 2.17. The molecule has 5 rings (SSSR count). The van der Waals surface area contributed by atoms with Gasteiger partial charge in [0, 0.05) is 93.6 Å². The quantitative estimate of drug-likeness (QED) is 0.335. The molecular weight excluding hydrogens is 474 g/mol. The Kier molecular flexibility index (Phi) is 7.77. The maximum absolute atomic E-state index is 12.8. The fourth-order valence-corrected chi connectivity index (χ4v) is 5.20. The largest absolute Gasteiger partial charge is 0.385 e. The smallest absolute Gasteiger partial charge is 0.253 e. The Morgan fingerprint density at radius 3 is 2.47 bits per heavy atom. The molecule has 1 saturated heterocycles. The number of rotatable bonds is 8. The van der Waals surface area contributed by atoms with Crippen molar-refractivity contribution < 1.29 is 9.53 Å². The Bertz CT molecular complexity index is 1400. The van der Waals surface area contributed by atoms with Crippen molar-refractivity contribution in [2.24, 2.45) is 0 Å². The van der Waals surface area contributed by atoms with Gasteiger partial charge < -0.3 is 24.4 Å². The minimum absolute atomic E-state index is 0.0194. The zero-order valence-corrected chi connectivity index (χ0v) is 22.8. The van der Waals surface area contributed by atoms with Crippen LogP contribution in [0, 0.1) is 6.92 Å². The topological polar surface area (TPSA) is 64.7 Å². The van der Waals surface area contributed by atoms with Crippen molar-refractivity contribution >= 4 is 22.6 Å². The summed E-state index contributed by atoms with van der Waals surface area (Å²) in [5, 5.41) is 1.07. The molecule has 0 unspecified atom stereocenters. The molecule has 7 nitrogen and oxygen atoms in total. The SMILES string of the molecule is COCCCN(C)C(=O)c1ccc(-c2c[nH]c3ncc(-c4ccc(N5CCN(C)CC5)c(C)c4)cc23)cc1. The van der Waals surface area contributed by atoms with Crippen molar-refractivity contribution in [3.63, 3.8) is 0 Å². The van der Waals surface area contributed by atoms with Crippen LogP contribution in [0.5, 0.6) is 0 Å². The minimum Gasteiger partial charge on any atom is -0.385 e. The third-order valence-corrected chi connectivity index (χ3v) is 7.54. The molecule has 0 spiro atoms. The highest BCUT2D eigenvalue weighted by Crippen LogP contribution is 2.33. The molecule has 1 fully saturated rings. The van der Waals surface area contributed by atoms with E-state index in [1.807, 2.05) is 43.7 Å². The average molecular weight is 512 g/mol. The van der Waals surface area contributed by atoms with E-state index in [1.54, 1.807) is 12.0 Å². The van der Waals surface area contributed by atoms with E-state index in [2.05, 4.69) is 53.0 Å². The average Bonchev–Trinajstić information content (AvgIpc) is 3.37. The van der Waals surface area contributed by atoms with Crippen LogP contribution < -0.4 is 4.90 Å². The van der Waals surface area contributed by atoms with Crippen molar-refractivity contribution in [3.05, 3.63) is 72.1 Å². The number of benzene rings is 2. The van der Waals surface area contributed by atoms with Crippen molar-refractivity contribution in [2.45, 2.75) is 13.3 Å². The molecule has 38 heavy (non-hydrogen) atoms. The van der Waals surface area contributed by atoms with Crippen molar-refractivity contribution in [1.29, 1.82) is 0 Å². The molecule has 1 aliphatic rings. The Morgan fingerprint density at radius 2 is 1.76 bits per heavy atom. The summed E-state index contributed by atoms with van der Waals surface area (Å²) in [5.41, 5.74) is 8.53. The fourth-order valence-electron chi connectivity index (χ4n) is 5.20. The molecule has 0 saturated carbocycles. The third-order valence-electron chi connectivity index (χ3n) is 7.54. The van der Waals surface area contributed by atoms with Gasteiger partial charge >= 0.3 is 0 Å². The van der Waals surface area contributed by atoms with Gasteiger partial charge in [0.25, 0.3) is 5.91 Å². The molecule has 0 atom stereocenters. The predicted octanol–water partition coefficient (Wildman–Crippen LogP) is 5.07. The summed E-state index contributed by atoms with van der Waals surface area (Å²) in [6.07, 6.45) is 4.75. The molecule has 7 heteroatoms. The lowest BCUT2D eigenvalue weighted by Crippen LogP contribution is -2.44. The summed E-state index contributed by atoms with van der Waals surface area (Å²) >= 11 is 0. The van der Waals surface area contributed by atoms with Crippen LogP contribution in [0.25, 0.3) is 33.3 Å². The van der Waals surface area contributed by atoms with Crippen LogP contribution >= 0.6 is 0 Å². The molecule has 3 heterocycles. The number of anilines is 1. The monoisotopic (exact) mass is 511 g/mol. The van der Waals surface area contributed by atoms with Crippen molar-refractivity contribution in [1.82, 2.24) is 19.8 Å². The summed E-state index contributed by atoms with van der Waals surface area (Å²) in [6.45, 7) is 7.82. The van der Waals surface area contributed by atoms with Crippen LogP contribution in [0.1, 0.15) is 22.3 Å². The summed E-state index contributed by atoms with van der Waals surface area (Å²) in [4.78, 5) is 27.4. The van der Waals surface area contributed by atoms with Gasteiger partial charge in [-0.1, -0.05) is 18.2 Å². The number of hydrogen-bond acceptors (Lipinski definition) is 5. The first-order chi connectivity index (χ1) is 18.4. The number of aromatic nitrogens is 2. The van der Waals surface area contributed by atoms with Crippen LogP contribution in [0.2, 0.25) is 0 Å².